The summed E-state index contributed by atoms with van der Waals surface area (Å²) in [4.78, 5) is 20.8. The molecule has 1 unspecified atom stereocenters. The summed E-state index contributed by atoms with van der Waals surface area (Å²) in [6.45, 7) is 4.99. The summed E-state index contributed by atoms with van der Waals surface area (Å²) in [5, 5.41) is 3.42. The highest BCUT2D eigenvalue weighted by atomic mass is 35.5. The molecule has 1 aliphatic heterocycles. The first-order valence-corrected chi connectivity index (χ1v) is 9.01. The van der Waals surface area contributed by atoms with Crippen molar-refractivity contribution >= 4 is 29.0 Å². The lowest BCUT2D eigenvalue weighted by molar-refractivity contribution is 0.122. The fourth-order valence-corrected chi connectivity index (χ4v) is 2.99. The maximum absolute atomic E-state index is 12.7. The zero-order chi connectivity index (χ0) is 18.5. The molecule has 0 bridgehead atoms. The molecule has 1 fully saturated rings. The monoisotopic (exact) mass is 374 g/mol. The molecule has 0 aliphatic carbocycles. The van der Waals surface area contributed by atoms with E-state index in [1.54, 1.807) is 18.1 Å². The second kappa shape index (κ2) is 8.38. The van der Waals surface area contributed by atoms with Gasteiger partial charge in [-0.3, -0.25) is 4.98 Å². The molecule has 0 saturated carbocycles. The smallest absolute Gasteiger partial charge is 0.322 e. The average Bonchev–Trinajstić information content (AvgIpc) is 2.69. The van der Waals surface area contributed by atoms with Gasteiger partial charge in [-0.1, -0.05) is 17.7 Å². The van der Waals surface area contributed by atoms with Crippen LogP contribution in [0.2, 0.25) is 5.02 Å². The van der Waals surface area contributed by atoms with Gasteiger partial charge in [0, 0.05) is 32.0 Å². The third-order valence-electron chi connectivity index (χ3n) is 4.58. The Bertz CT molecular complexity index is 750. The van der Waals surface area contributed by atoms with Crippen molar-refractivity contribution in [2.75, 3.05) is 43.6 Å². The van der Waals surface area contributed by atoms with Crippen LogP contribution in [0.4, 0.5) is 16.2 Å². The maximum Gasteiger partial charge on any atom is 0.322 e. The van der Waals surface area contributed by atoms with E-state index in [0.717, 1.165) is 24.5 Å². The van der Waals surface area contributed by atoms with Crippen molar-refractivity contribution in [2.24, 2.45) is 0 Å². The van der Waals surface area contributed by atoms with E-state index >= 15 is 0 Å². The van der Waals surface area contributed by atoms with Crippen molar-refractivity contribution in [1.82, 2.24) is 9.88 Å². The lowest BCUT2D eigenvalue weighted by Gasteiger charge is -2.29. The number of pyridine rings is 1. The van der Waals surface area contributed by atoms with E-state index in [2.05, 4.69) is 15.2 Å². The van der Waals surface area contributed by atoms with Gasteiger partial charge in [-0.25, -0.2) is 4.79 Å². The van der Waals surface area contributed by atoms with Gasteiger partial charge in [0.05, 0.1) is 35.7 Å². The molecule has 2 aromatic rings. The summed E-state index contributed by atoms with van der Waals surface area (Å²) in [6, 6.07) is 11.0. The minimum absolute atomic E-state index is 0.155. The van der Waals surface area contributed by atoms with Gasteiger partial charge in [0.25, 0.3) is 0 Å². The number of halogens is 1. The molecule has 3 rings (SSSR count). The highest BCUT2D eigenvalue weighted by Crippen LogP contribution is 2.29. The van der Waals surface area contributed by atoms with Gasteiger partial charge in [0.2, 0.25) is 0 Å². The SMILES string of the molecule is CC(c1ccccn1)N(C)C(=O)Nc1cc(N2CCOCC2)ccc1Cl. The molecule has 6 nitrogen and oxygen atoms in total. The number of urea groups is 1. The number of hydrogen-bond donors (Lipinski definition) is 1. The van der Waals surface area contributed by atoms with E-state index in [9.17, 15) is 4.79 Å². The Kier molecular flexibility index (Phi) is 5.96. The minimum atomic E-state index is -0.232. The lowest BCUT2D eigenvalue weighted by atomic mass is 10.2. The van der Waals surface area contributed by atoms with Gasteiger partial charge >= 0.3 is 6.03 Å². The Morgan fingerprint density at radius 2 is 2.08 bits per heavy atom. The van der Waals surface area contributed by atoms with Crippen molar-refractivity contribution in [3.63, 3.8) is 0 Å². The number of aromatic nitrogens is 1. The van der Waals surface area contributed by atoms with E-state index < -0.39 is 0 Å². The first kappa shape index (κ1) is 18.5. The number of carbonyl (C=O) groups excluding carboxylic acids is 1. The standard InChI is InChI=1S/C19H23ClN4O2/c1-14(17-5-3-4-8-21-17)23(2)19(25)22-18-13-15(6-7-16(18)20)24-9-11-26-12-10-24/h3-8,13-14H,9-12H2,1-2H3,(H,22,25). The second-order valence-corrected chi connectivity index (χ2v) is 6.64. The number of anilines is 2. The summed E-state index contributed by atoms with van der Waals surface area (Å²) in [6.07, 6.45) is 1.72. The van der Waals surface area contributed by atoms with Crippen LogP contribution >= 0.6 is 11.6 Å². The average molecular weight is 375 g/mol. The predicted octanol–water partition coefficient (Wildman–Crippen LogP) is 3.80. The molecule has 1 aromatic carbocycles. The Labute approximate surface area is 158 Å². The van der Waals surface area contributed by atoms with Gasteiger partial charge in [-0.2, -0.15) is 0 Å². The summed E-state index contributed by atoms with van der Waals surface area (Å²) in [5.74, 6) is 0. The minimum Gasteiger partial charge on any atom is -0.378 e. The van der Waals surface area contributed by atoms with Crippen molar-refractivity contribution in [1.29, 1.82) is 0 Å². The number of benzene rings is 1. The fraction of sp³-hybridized carbons (Fsp3) is 0.368. The van der Waals surface area contributed by atoms with Crippen molar-refractivity contribution < 1.29 is 9.53 Å². The zero-order valence-electron chi connectivity index (χ0n) is 15.0. The maximum atomic E-state index is 12.7. The molecule has 2 heterocycles. The third-order valence-corrected chi connectivity index (χ3v) is 4.91. The summed E-state index contributed by atoms with van der Waals surface area (Å²) in [7, 11) is 1.74. The first-order valence-electron chi connectivity index (χ1n) is 8.63. The van der Waals surface area contributed by atoms with Crippen LogP contribution in [0.15, 0.2) is 42.6 Å². The molecule has 1 saturated heterocycles. The van der Waals surface area contributed by atoms with Gasteiger partial charge in [0.15, 0.2) is 0 Å². The van der Waals surface area contributed by atoms with Gasteiger partial charge < -0.3 is 19.9 Å². The largest absolute Gasteiger partial charge is 0.378 e. The number of nitrogens with zero attached hydrogens (tertiary/aromatic N) is 3. The van der Waals surface area contributed by atoms with Crippen LogP contribution in [0.25, 0.3) is 0 Å². The fourth-order valence-electron chi connectivity index (χ4n) is 2.83. The molecule has 7 heteroatoms. The Hall–Kier alpha value is -2.31. The molecular formula is C19H23ClN4O2. The molecule has 1 atom stereocenters. The summed E-state index contributed by atoms with van der Waals surface area (Å²) >= 11 is 6.29. The van der Waals surface area contributed by atoms with Gasteiger partial charge in [0.1, 0.15) is 0 Å². The van der Waals surface area contributed by atoms with E-state index in [1.165, 1.54) is 0 Å². The molecule has 1 N–H and O–H groups in total. The van der Waals surface area contributed by atoms with Crippen molar-refractivity contribution in [3.05, 3.63) is 53.3 Å². The van der Waals surface area contributed by atoms with Crippen LogP contribution in [0.1, 0.15) is 18.7 Å². The lowest BCUT2D eigenvalue weighted by Crippen LogP contribution is -2.36. The molecule has 26 heavy (non-hydrogen) atoms. The molecule has 1 aromatic heterocycles. The number of rotatable bonds is 4. The highest BCUT2D eigenvalue weighted by Gasteiger charge is 2.20. The van der Waals surface area contributed by atoms with Crippen LogP contribution in [-0.4, -0.2) is 49.3 Å². The third kappa shape index (κ3) is 4.26. The van der Waals surface area contributed by atoms with Crippen LogP contribution in [0.5, 0.6) is 0 Å². The van der Waals surface area contributed by atoms with Crippen LogP contribution < -0.4 is 10.2 Å². The van der Waals surface area contributed by atoms with E-state index in [1.807, 2.05) is 43.3 Å². The van der Waals surface area contributed by atoms with Crippen LogP contribution in [0.3, 0.4) is 0 Å². The first-order chi connectivity index (χ1) is 12.6. The van der Waals surface area contributed by atoms with Crippen molar-refractivity contribution in [2.45, 2.75) is 13.0 Å². The van der Waals surface area contributed by atoms with E-state index in [-0.39, 0.29) is 12.1 Å². The number of ether oxygens (including phenoxy) is 1. The molecule has 0 spiro atoms. The quantitative estimate of drug-likeness (QED) is 0.884. The summed E-state index contributed by atoms with van der Waals surface area (Å²) < 4.78 is 5.39. The van der Waals surface area contributed by atoms with Crippen LogP contribution in [0, 0.1) is 0 Å². The highest BCUT2D eigenvalue weighted by molar-refractivity contribution is 6.33. The Morgan fingerprint density at radius 3 is 2.77 bits per heavy atom. The molecular weight excluding hydrogens is 352 g/mol. The zero-order valence-corrected chi connectivity index (χ0v) is 15.7. The van der Waals surface area contributed by atoms with Gasteiger partial charge in [-0.15, -0.1) is 0 Å². The number of amides is 2. The van der Waals surface area contributed by atoms with Gasteiger partial charge in [-0.05, 0) is 37.3 Å². The number of hydrogen-bond acceptors (Lipinski definition) is 4. The number of nitrogens with one attached hydrogen (secondary N) is 1. The molecule has 0 radical (unpaired) electrons. The van der Waals surface area contributed by atoms with Crippen molar-refractivity contribution in [3.8, 4) is 0 Å². The topological polar surface area (TPSA) is 57.7 Å². The molecule has 138 valence electrons. The molecule has 1 aliphatic rings. The molecule has 2 amide bonds. The Balaban J connectivity index is 1.72. The summed E-state index contributed by atoms with van der Waals surface area (Å²) in [5.41, 5.74) is 2.45. The second-order valence-electron chi connectivity index (χ2n) is 6.24. The van der Waals surface area contributed by atoms with E-state index in [0.29, 0.717) is 23.9 Å². The normalized spacial score (nSPS) is 15.4. The Morgan fingerprint density at radius 1 is 1.31 bits per heavy atom. The number of carbonyl (C=O) groups is 1. The number of morpholine rings is 1. The van der Waals surface area contributed by atoms with Crippen LogP contribution in [-0.2, 0) is 4.74 Å². The predicted molar refractivity (Wildman–Crippen MR) is 104 cm³/mol. The van der Waals surface area contributed by atoms with E-state index in [4.69, 9.17) is 16.3 Å².